The van der Waals surface area contributed by atoms with E-state index in [4.69, 9.17) is 16.3 Å². The van der Waals surface area contributed by atoms with Gasteiger partial charge in [-0.25, -0.2) is 10.2 Å². The first kappa shape index (κ1) is 37.6. The Hall–Kier alpha value is -5.64. The summed E-state index contributed by atoms with van der Waals surface area (Å²) in [5.41, 5.74) is 3.55. The summed E-state index contributed by atoms with van der Waals surface area (Å²) >= 11 is 5.62. The minimum Gasteiger partial charge on any atom is -0.507 e. The second-order valence-corrected chi connectivity index (χ2v) is 12.1. The van der Waals surface area contributed by atoms with E-state index in [9.17, 15) is 32.7 Å². The molecule has 0 aliphatic carbocycles. The lowest BCUT2D eigenvalue weighted by molar-refractivity contribution is -0.137. The van der Waals surface area contributed by atoms with Gasteiger partial charge in [0.1, 0.15) is 18.1 Å². The van der Waals surface area contributed by atoms with E-state index in [0.29, 0.717) is 55.5 Å². The summed E-state index contributed by atoms with van der Waals surface area (Å²) in [7, 11) is 0. The van der Waals surface area contributed by atoms with Crippen molar-refractivity contribution in [2.24, 2.45) is 5.10 Å². The summed E-state index contributed by atoms with van der Waals surface area (Å²) in [5, 5.41) is 21.3. The van der Waals surface area contributed by atoms with Crippen LogP contribution in [0.5, 0.6) is 11.5 Å². The van der Waals surface area contributed by atoms with Gasteiger partial charge in [0.05, 0.1) is 29.9 Å². The van der Waals surface area contributed by atoms with Crippen LogP contribution in [-0.2, 0) is 22.4 Å². The fourth-order valence-electron chi connectivity index (χ4n) is 5.14. The molecule has 4 aromatic carbocycles. The summed E-state index contributed by atoms with van der Waals surface area (Å²) < 4.78 is 45.1. The number of anilines is 3. The largest absolute Gasteiger partial charge is 0.507 e. The third-order valence-corrected chi connectivity index (χ3v) is 8.13. The number of piperazine rings is 1. The second kappa shape index (κ2) is 17.5. The van der Waals surface area contributed by atoms with Crippen LogP contribution in [0.15, 0.2) is 96.1 Å². The van der Waals surface area contributed by atoms with Crippen LogP contribution < -0.4 is 26.1 Å². The number of halogens is 4. The summed E-state index contributed by atoms with van der Waals surface area (Å²) in [5.74, 6) is -0.0401. The highest BCUT2D eigenvalue weighted by molar-refractivity contribution is 6.31. The van der Waals surface area contributed by atoms with E-state index >= 15 is 0 Å². The van der Waals surface area contributed by atoms with E-state index in [1.807, 2.05) is 40.1 Å². The molecule has 1 heterocycles. The quantitative estimate of drug-likeness (QED) is 0.0886. The molecule has 0 bridgehead atoms. The average Bonchev–Trinajstić information content (AvgIpc) is 3.11. The van der Waals surface area contributed by atoms with Crippen LogP contribution in [-0.4, -0.2) is 78.2 Å². The van der Waals surface area contributed by atoms with Gasteiger partial charge in [0.15, 0.2) is 0 Å². The van der Waals surface area contributed by atoms with Crippen molar-refractivity contribution in [2.75, 3.05) is 55.2 Å². The maximum absolute atomic E-state index is 13.1. The molecule has 0 radical (unpaired) electrons. The van der Waals surface area contributed by atoms with E-state index < -0.39 is 22.8 Å². The maximum atomic E-state index is 13.1. The number of phenols is 1. The lowest BCUT2D eigenvalue weighted by Gasteiger charge is -2.33. The number of hydrogen-bond donors (Lipinski definition) is 5. The zero-order valence-electron chi connectivity index (χ0n) is 27.6. The first-order chi connectivity index (χ1) is 24.9. The smallest absolute Gasteiger partial charge is 0.417 e. The van der Waals surface area contributed by atoms with Crippen LogP contribution in [0.1, 0.15) is 16.7 Å². The van der Waals surface area contributed by atoms with Gasteiger partial charge in [0.2, 0.25) is 5.91 Å². The van der Waals surface area contributed by atoms with Crippen LogP contribution in [0.25, 0.3) is 0 Å². The van der Waals surface area contributed by atoms with Gasteiger partial charge in [-0.05, 0) is 66.2 Å². The van der Waals surface area contributed by atoms with Crippen LogP contribution >= 0.6 is 11.6 Å². The Morgan fingerprint density at radius 2 is 1.38 bits per heavy atom. The number of carbonyl (C=O) groups is 3. The lowest BCUT2D eigenvalue weighted by Crippen LogP contribution is -2.50. The number of rotatable bonds is 12. The van der Waals surface area contributed by atoms with Crippen LogP contribution in [0, 0.1) is 0 Å². The second-order valence-electron chi connectivity index (χ2n) is 11.7. The van der Waals surface area contributed by atoms with Crippen molar-refractivity contribution in [2.45, 2.75) is 12.8 Å². The minimum atomic E-state index is -4.67. The number of phenolic OH excluding ortho intramolecular Hbond substituents is 1. The molecule has 4 amide bonds. The van der Waals surface area contributed by atoms with Gasteiger partial charge in [-0.1, -0.05) is 41.9 Å². The highest BCUT2D eigenvalue weighted by atomic mass is 35.5. The first-order valence-electron chi connectivity index (χ1n) is 16.0. The number of ether oxygens (including phenoxy) is 1. The van der Waals surface area contributed by atoms with Crippen molar-refractivity contribution in [3.05, 3.63) is 113 Å². The zero-order chi connectivity index (χ0) is 37.1. The molecule has 1 saturated heterocycles. The minimum absolute atomic E-state index is 0.00882. The lowest BCUT2D eigenvalue weighted by atomic mass is 10.2. The molecule has 12 nitrogen and oxygen atoms in total. The number of hydrogen-bond acceptors (Lipinski definition) is 8. The van der Waals surface area contributed by atoms with E-state index in [1.165, 1.54) is 30.5 Å². The van der Waals surface area contributed by atoms with Crippen molar-refractivity contribution in [3.8, 4) is 11.5 Å². The molecule has 52 heavy (non-hydrogen) atoms. The number of alkyl halides is 3. The summed E-state index contributed by atoms with van der Waals surface area (Å²) in [6.07, 6.45) is -3.32. The third kappa shape index (κ3) is 11.4. The highest BCUT2D eigenvalue weighted by Crippen LogP contribution is 2.36. The molecular formula is C36H35ClF3N7O5. The van der Waals surface area contributed by atoms with E-state index in [0.717, 1.165) is 17.7 Å². The molecule has 0 unspecified atom stereocenters. The molecule has 0 atom stereocenters. The molecule has 272 valence electrons. The van der Waals surface area contributed by atoms with Gasteiger partial charge in [-0.2, -0.15) is 18.3 Å². The molecule has 0 saturated carbocycles. The fourth-order valence-corrected chi connectivity index (χ4v) is 5.36. The predicted octanol–water partition coefficient (Wildman–Crippen LogP) is 5.99. The van der Waals surface area contributed by atoms with Crippen LogP contribution in [0.4, 0.5) is 35.0 Å². The fraction of sp³-hybridized carbons (Fsp3) is 0.222. The first-order valence-corrected chi connectivity index (χ1v) is 16.4. The Bertz CT molecular complexity index is 1890. The number of nitrogens with one attached hydrogen (secondary N) is 4. The predicted molar refractivity (Wildman–Crippen MR) is 192 cm³/mol. The van der Waals surface area contributed by atoms with E-state index in [1.54, 1.807) is 24.3 Å². The van der Waals surface area contributed by atoms with Gasteiger partial charge in [-0.15, -0.1) is 0 Å². The SMILES string of the molecule is O=C(CN1CCN(CC(=O)Nc2ccc(NC(=O)Nc3ccc(Cl)c(C(F)(F)F)c3)cc2)CC1)N/N=C/c1cc(OCc2ccccc2)ccc1O. The van der Waals surface area contributed by atoms with Crippen molar-refractivity contribution in [3.63, 3.8) is 0 Å². The van der Waals surface area contributed by atoms with Gasteiger partial charge in [0, 0.05) is 48.8 Å². The van der Waals surface area contributed by atoms with Crippen molar-refractivity contribution >= 4 is 52.7 Å². The van der Waals surface area contributed by atoms with Gasteiger partial charge in [-0.3, -0.25) is 19.4 Å². The zero-order valence-corrected chi connectivity index (χ0v) is 28.4. The number of hydrazone groups is 1. The topological polar surface area (TPSA) is 148 Å². The summed E-state index contributed by atoms with van der Waals surface area (Å²) in [4.78, 5) is 41.4. The Kier molecular flexibility index (Phi) is 12.7. The van der Waals surface area contributed by atoms with Crippen molar-refractivity contribution < 1.29 is 37.4 Å². The van der Waals surface area contributed by atoms with Gasteiger partial charge < -0.3 is 25.8 Å². The molecule has 5 N–H and O–H groups in total. The number of nitrogens with zero attached hydrogens (tertiary/aromatic N) is 3. The Morgan fingerprint density at radius 3 is 2.04 bits per heavy atom. The molecular weight excluding hydrogens is 703 g/mol. The number of benzene rings is 4. The molecule has 1 fully saturated rings. The number of amides is 4. The monoisotopic (exact) mass is 737 g/mol. The summed E-state index contributed by atoms with van der Waals surface area (Å²) in [6, 6.07) is 22.9. The van der Waals surface area contributed by atoms with Crippen molar-refractivity contribution in [1.29, 1.82) is 0 Å². The Labute approximate surface area is 302 Å². The van der Waals surface area contributed by atoms with Crippen LogP contribution in [0.3, 0.4) is 0 Å². The van der Waals surface area contributed by atoms with E-state index in [2.05, 4.69) is 26.5 Å². The molecule has 0 spiro atoms. The molecule has 5 rings (SSSR count). The third-order valence-electron chi connectivity index (χ3n) is 7.80. The van der Waals surface area contributed by atoms with Gasteiger partial charge >= 0.3 is 12.2 Å². The highest BCUT2D eigenvalue weighted by Gasteiger charge is 2.33. The normalized spacial score (nSPS) is 13.8. The Morgan fingerprint density at radius 1 is 0.788 bits per heavy atom. The van der Waals surface area contributed by atoms with Crippen molar-refractivity contribution in [1.82, 2.24) is 15.2 Å². The number of carbonyl (C=O) groups excluding carboxylic acids is 3. The molecule has 0 aromatic heterocycles. The molecule has 16 heteroatoms. The van der Waals surface area contributed by atoms with Crippen LogP contribution in [0.2, 0.25) is 5.02 Å². The average molecular weight is 738 g/mol. The number of urea groups is 1. The molecule has 1 aliphatic heterocycles. The summed E-state index contributed by atoms with van der Waals surface area (Å²) in [6.45, 7) is 2.84. The number of aromatic hydroxyl groups is 1. The standard InChI is InChI=1S/C36H35ClF3N7O5/c37-31-12-10-28(19-30(31)36(38,39)40)44-35(51)43-27-8-6-26(7-9-27)42-33(49)21-46-14-16-47(17-15-46)22-34(50)45-41-20-25-18-29(11-13-32(25)48)52-23-24-4-2-1-3-5-24/h1-13,18-20,48H,14-17,21-23H2,(H,42,49)(H,45,50)(H2,43,44,51)/b41-20+. The molecule has 1 aliphatic rings. The molecule has 4 aromatic rings. The maximum Gasteiger partial charge on any atom is 0.417 e. The van der Waals surface area contributed by atoms with Gasteiger partial charge in [0.25, 0.3) is 5.91 Å². The Balaban J connectivity index is 0.991. The van der Waals surface area contributed by atoms with E-state index in [-0.39, 0.29) is 36.3 Å².